The summed E-state index contributed by atoms with van der Waals surface area (Å²) in [5.74, 6) is -0.684. The van der Waals surface area contributed by atoms with Gasteiger partial charge < -0.3 is 14.4 Å². The number of halogens is 3. The Morgan fingerprint density at radius 3 is 2.55 bits per heavy atom. The summed E-state index contributed by atoms with van der Waals surface area (Å²) >= 11 is 11.9. The van der Waals surface area contributed by atoms with Crippen molar-refractivity contribution in [2.45, 2.75) is 20.4 Å². The maximum Gasteiger partial charge on any atom is 0.264 e. The van der Waals surface area contributed by atoms with E-state index in [0.717, 1.165) is 6.07 Å². The molecule has 1 amide bonds. The summed E-state index contributed by atoms with van der Waals surface area (Å²) in [6, 6.07) is 12.2. The van der Waals surface area contributed by atoms with Crippen LogP contribution in [0.5, 0.6) is 0 Å². The molecule has 7 nitrogen and oxygen atoms in total. The van der Waals surface area contributed by atoms with Crippen molar-refractivity contribution in [3.05, 3.63) is 86.0 Å². The third kappa shape index (κ3) is 4.81. The molecule has 168 valence electrons. The molecule has 0 radical (unpaired) electrons. The normalized spacial score (nSPS) is 10.9. The number of nitrogens with zero attached hydrogens (tertiary/aromatic N) is 3. The van der Waals surface area contributed by atoms with Crippen LogP contribution >= 0.6 is 23.2 Å². The third-order valence-corrected chi connectivity index (χ3v) is 5.52. The van der Waals surface area contributed by atoms with Gasteiger partial charge in [0, 0.05) is 16.3 Å². The Morgan fingerprint density at radius 2 is 1.85 bits per heavy atom. The first-order valence-corrected chi connectivity index (χ1v) is 10.5. The van der Waals surface area contributed by atoms with E-state index in [0.29, 0.717) is 27.7 Å². The van der Waals surface area contributed by atoms with E-state index in [4.69, 9.17) is 27.7 Å². The fourth-order valence-electron chi connectivity index (χ4n) is 3.35. The molecule has 0 saturated carbocycles. The van der Waals surface area contributed by atoms with E-state index < -0.39 is 17.3 Å². The molecule has 0 unspecified atom stereocenters. The molecule has 0 saturated heterocycles. The zero-order chi connectivity index (χ0) is 23.7. The van der Waals surface area contributed by atoms with Crippen LogP contribution in [-0.4, -0.2) is 20.6 Å². The van der Waals surface area contributed by atoms with Crippen LogP contribution < -0.4 is 10.9 Å². The van der Waals surface area contributed by atoms with Gasteiger partial charge in [0.05, 0.1) is 10.7 Å². The number of amides is 1. The lowest BCUT2D eigenvalue weighted by atomic mass is 10.1. The lowest BCUT2D eigenvalue weighted by Crippen LogP contribution is -2.30. The molecule has 0 fully saturated rings. The van der Waals surface area contributed by atoms with Gasteiger partial charge in [-0.25, -0.2) is 4.39 Å². The van der Waals surface area contributed by atoms with Crippen molar-refractivity contribution in [2.75, 3.05) is 5.32 Å². The quantitative estimate of drug-likeness (QED) is 0.415. The number of carbonyl (C=O) groups is 1. The number of carbonyl (C=O) groups excluding carboxylic acids is 1. The van der Waals surface area contributed by atoms with Gasteiger partial charge in [-0.05, 0) is 67.9 Å². The van der Waals surface area contributed by atoms with Crippen LogP contribution in [0.2, 0.25) is 10.0 Å². The minimum atomic E-state index is -0.522. The van der Waals surface area contributed by atoms with E-state index in [1.54, 1.807) is 44.2 Å². The molecule has 33 heavy (non-hydrogen) atoms. The molecular formula is C23H17Cl2FN4O3. The lowest BCUT2D eigenvalue weighted by molar-refractivity contribution is -0.116. The van der Waals surface area contributed by atoms with Crippen LogP contribution in [0.4, 0.5) is 10.1 Å². The third-order valence-electron chi connectivity index (χ3n) is 4.95. The van der Waals surface area contributed by atoms with Crippen molar-refractivity contribution in [1.82, 2.24) is 14.7 Å². The number of aromatic nitrogens is 3. The fraction of sp³-hybridized carbons (Fsp3) is 0.130. The minimum Gasteiger partial charge on any atom is -0.333 e. The second kappa shape index (κ2) is 9.17. The van der Waals surface area contributed by atoms with Crippen molar-refractivity contribution < 1.29 is 13.7 Å². The Kier molecular flexibility index (Phi) is 6.31. The second-order valence-corrected chi connectivity index (χ2v) is 8.18. The summed E-state index contributed by atoms with van der Waals surface area (Å²) in [5.41, 5.74) is 1.85. The van der Waals surface area contributed by atoms with Gasteiger partial charge >= 0.3 is 0 Å². The molecule has 0 spiro atoms. The number of pyridine rings is 1. The Hall–Kier alpha value is -3.49. The monoisotopic (exact) mass is 486 g/mol. The molecule has 2 aromatic heterocycles. The Bertz CT molecular complexity index is 1410. The molecule has 10 heteroatoms. The molecule has 2 aromatic carbocycles. The van der Waals surface area contributed by atoms with Crippen LogP contribution in [0.25, 0.3) is 22.8 Å². The summed E-state index contributed by atoms with van der Waals surface area (Å²) in [6.07, 6.45) is 0. The van der Waals surface area contributed by atoms with Gasteiger partial charge in [0.2, 0.25) is 11.7 Å². The first-order valence-electron chi connectivity index (χ1n) is 9.79. The standard InChI is InChI=1S/C23H17Cl2FN4O3/c1-12-9-13(2)30(11-19(31)27-18-8-7-16(26)10-17(18)25)23(32)20(12)22-28-21(29-33-22)14-3-5-15(24)6-4-14/h3-10H,11H2,1-2H3,(H,27,31). The van der Waals surface area contributed by atoms with E-state index >= 15 is 0 Å². The number of aryl methyl sites for hydroxylation is 2. The number of rotatable bonds is 5. The topological polar surface area (TPSA) is 90.0 Å². The van der Waals surface area contributed by atoms with Crippen LogP contribution in [0, 0.1) is 19.7 Å². The minimum absolute atomic E-state index is 0.0400. The number of benzene rings is 2. The van der Waals surface area contributed by atoms with Gasteiger partial charge in [-0.3, -0.25) is 9.59 Å². The van der Waals surface area contributed by atoms with E-state index in [9.17, 15) is 14.0 Å². The van der Waals surface area contributed by atoms with Crippen molar-refractivity contribution in [3.63, 3.8) is 0 Å². The number of hydrogen-bond donors (Lipinski definition) is 1. The Labute approximate surface area is 197 Å². The van der Waals surface area contributed by atoms with Gasteiger partial charge in [0.25, 0.3) is 11.4 Å². The molecule has 0 atom stereocenters. The van der Waals surface area contributed by atoms with Crippen LogP contribution in [0.3, 0.4) is 0 Å². The second-order valence-electron chi connectivity index (χ2n) is 7.34. The number of hydrogen-bond acceptors (Lipinski definition) is 5. The molecule has 4 rings (SSSR count). The van der Waals surface area contributed by atoms with E-state index in [1.165, 1.54) is 16.7 Å². The van der Waals surface area contributed by atoms with Crippen molar-refractivity contribution in [3.8, 4) is 22.8 Å². The molecule has 0 aliphatic carbocycles. The molecule has 0 aliphatic rings. The highest BCUT2D eigenvalue weighted by molar-refractivity contribution is 6.33. The van der Waals surface area contributed by atoms with E-state index in [1.807, 2.05) is 0 Å². The molecule has 4 aromatic rings. The zero-order valence-corrected chi connectivity index (χ0v) is 19.0. The number of nitrogens with one attached hydrogen (secondary N) is 1. The zero-order valence-electron chi connectivity index (χ0n) is 17.5. The van der Waals surface area contributed by atoms with Gasteiger partial charge in [-0.15, -0.1) is 0 Å². The van der Waals surface area contributed by atoms with Gasteiger partial charge in [0.15, 0.2) is 0 Å². The highest BCUT2D eigenvalue weighted by Gasteiger charge is 2.20. The number of anilines is 1. The van der Waals surface area contributed by atoms with Crippen LogP contribution in [0.1, 0.15) is 11.3 Å². The lowest BCUT2D eigenvalue weighted by Gasteiger charge is -2.13. The van der Waals surface area contributed by atoms with Crippen molar-refractivity contribution >= 4 is 34.8 Å². The summed E-state index contributed by atoms with van der Waals surface area (Å²) < 4.78 is 19.9. The maximum absolute atomic E-state index is 13.3. The SMILES string of the molecule is Cc1cc(C)n(CC(=O)Nc2ccc(F)cc2Cl)c(=O)c1-c1nc(-c2ccc(Cl)cc2)no1. The Morgan fingerprint density at radius 1 is 1.12 bits per heavy atom. The first kappa shape index (κ1) is 22.7. The first-order chi connectivity index (χ1) is 15.7. The van der Waals surface area contributed by atoms with Gasteiger partial charge in [-0.2, -0.15) is 4.98 Å². The van der Waals surface area contributed by atoms with E-state index in [-0.39, 0.29) is 28.7 Å². The van der Waals surface area contributed by atoms with Crippen molar-refractivity contribution in [2.24, 2.45) is 0 Å². The summed E-state index contributed by atoms with van der Waals surface area (Å²) in [7, 11) is 0. The average molecular weight is 487 g/mol. The highest BCUT2D eigenvalue weighted by Crippen LogP contribution is 2.25. The summed E-state index contributed by atoms with van der Waals surface area (Å²) in [5, 5.41) is 7.17. The molecule has 1 N–H and O–H groups in total. The largest absolute Gasteiger partial charge is 0.333 e. The summed E-state index contributed by atoms with van der Waals surface area (Å²) in [4.78, 5) is 30.2. The molecule has 2 heterocycles. The smallest absolute Gasteiger partial charge is 0.264 e. The average Bonchev–Trinajstić information content (AvgIpc) is 3.23. The molecule has 0 bridgehead atoms. The maximum atomic E-state index is 13.3. The van der Waals surface area contributed by atoms with Gasteiger partial charge in [-0.1, -0.05) is 28.4 Å². The van der Waals surface area contributed by atoms with Gasteiger partial charge in [0.1, 0.15) is 17.9 Å². The van der Waals surface area contributed by atoms with Crippen LogP contribution in [-0.2, 0) is 11.3 Å². The highest BCUT2D eigenvalue weighted by atomic mass is 35.5. The molecule has 0 aliphatic heterocycles. The van der Waals surface area contributed by atoms with E-state index in [2.05, 4.69) is 15.5 Å². The van der Waals surface area contributed by atoms with Crippen molar-refractivity contribution in [1.29, 1.82) is 0 Å². The predicted octanol–water partition coefficient (Wildman–Crippen LogP) is 5.27. The van der Waals surface area contributed by atoms with Crippen LogP contribution in [0.15, 0.2) is 57.8 Å². The summed E-state index contributed by atoms with van der Waals surface area (Å²) in [6.45, 7) is 3.17. The predicted molar refractivity (Wildman–Crippen MR) is 124 cm³/mol. The Balaban J connectivity index is 1.64. The molecular weight excluding hydrogens is 470 g/mol. The fourth-order valence-corrected chi connectivity index (χ4v) is 3.69.